The molecule has 1 fully saturated rings. The number of nitrogens with zero attached hydrogens (tertiary/aromatic N) is 1. The molecule has 6 nitrogen and oxygen atoms in total. The summed E-state index contributed by atoms with van der Waals surface area (Å²) in [6.07, 6.45) is 2.72. The zero-order valence-electron chi connectivity index (χ0n) is 8.60. The van der Waals surface area contributed by atoms with Gasteiger partial charge < -0.3 is 14.8 Å². The highest BCUT2D eigenvalue weighted by molar-refractivity contribution is 5.86. The maximum Gasteiger partial charge on any atom is 0.342 e. The molecule has 2 rings (SSSR count). The van der Waals surface area contributed by atoms with Crippen molar-refractivity contribution in [2.24, 2.45) is 0 Å². The lowest BCUT2D eigenvalue weighted by Crippen LogP contribution is -2.23. The summed E-state index contributed by atoms with van der Waals surface area (Å²) in [5, 5.41) is 8.69. The number of carbonyl (C=O) groups is 1. The van der Waals surface area contributed by atoms with E-state index in [0.717, 1.165) is 19.0 Å². The van der Waals surface area contributed by atoms with Gasteiger partial charge in [0.1, 0.15) is 11.4 Å². The third kappa shape index (κ3) is 2.11. The van der Waals surface area contributed by atoms with Crippen LogP contribution in [-0.4, -0.2) is 34.3 Å². The Kier molecular flexibility index (Phi) is 3.00. The zero-order chi connectivity index (χ0) is 11.5. The molecular weight excluding hydrogens is 212 g/mol. The highest BCUT2D eigenvalue weighted by Crippen LogP contribution is 2.22. The maximum atomic E-state index is 11.4. The van der Waals surface area contributed by atoms with Gasteiger partial charge in [-0.05, 0) is 12.8 Å². The van der Waals surface area contributed by atoms with Crippen LogP contribution in [0, 0.1) is 0 Å². The fourth-order valence-corrected chi connectivity index (χ4v) is 1.74. The summed E-state index contributed by atoms with van der Waals surface area (Å²) < 4.78 is 5.20. The first-order valence-corrected chi connectivity index (χ1v) is 5.08. The van der Waals surface area contributed by atoms with Gasteiger partial charge in [0.05, 0.1) is 0 Å². The minimum Gasteiger partial charge on any atom is -0.477 e. The Morgan fingerprint density at radius 1 is 1.50 bits per heavy atom. The normalized spacial score (nSPS) is 17.2. The lowest BCUT2D eigenvalue weighted by atomic mass is 9.99. The Morgan fingerprint density at radius 3 is 2.75 bits per heavy atom. The lowest BCUT2D eigenvalue weighted by Gasteiger charge is -2.20. The second kappa shape index (κ2) is 4.44. The highest BCUT2D eigenvalue weighted by Gasteiger charge is 2.19. The van der Waals surface area contributed by atoms with E-state index in [2.05, 4.69) is 9.97 Å². The molecule has 0 unspecified atom stereocenters. The summed E-state index contributed by atoms with van der Waals surface area (Å²) in [6.45, 7) is 1.30. The van der Waals surface area contributed by atoms with E-state index in [1.165, 1.54) is 0 Å². The van der Waals surface area contributed by atoms with Gasteiger partial charge in [0.15, 0.2) is 0 Å². The van der Waals surface area contributed by atoms with Gasteiger partial charge in [-0.2, -0.15) is 0 Å². The molecule has 0 saturated carbocycles. The minimum absolute atomic E-state index is 0.157. The van der Waals surface area contributed by atoms with Crippen LogP contribution in [0.2, 0.25) is 0 Å². The second-order valence-corrected chi connectivity index (χ2v) is 3.70. The Hall–Kier alpha value is -1.69. The van der Waals surface area contributed by atoms with Crippen molar-refractivity contribution in [3.63, 3.8) is 0 Å². The first-order valence-electron chi connectivity index (χ1n) is 5.08. The number of carboxylic acid groups (broad SMARTS) is 1. The Labute approximate surface area is 91.3 Å². The van der Waals surface area contributed by atoms with Crippen molar-refractivity contribution in [1.82, 2.24) is 9.97 Å². The van der Waals surface area contributed by atoms with Crippen LogP contribution < -0.4 is 5.56 Å². The van der Waals surface area contributed by atoms with E-state index in [1.807, 2.05) is 0 Å². The maximum absolute atomic E-state index is 11.4. The van der Waals surface area contributed by atoms with Gasteiger partial charge in [0, 0.05) is 25.3 Å². The monoisotopic (exact) mass is 224 g/mol. The van der Waals surface area contributed by atoms with E-state index < -0.39 is 11.5 Å². The van der Waals surface area contributed by atoms with E-state index in [4.69, 9.17) is 9.84 Å². The van der Waals surface area contributed by atoms with Gasteiger partial charge in [-0.25, -0.2) is 9.78 Å². The zero-order valence-corrected chi connectivity index (χ0v) is 8.60. The van der Waals surface area contributed by atoms with E-state index in [0.29, 0.717) is 19.0 Å². The van der Waals surface area contributed by atoms with Gasteiger partial charge in [-0.3, -0.25) is 4.79 Å². The average molecular weight is 224 g/mol. The summed E-state index contributed by atoms with van der Waals surface area (Å²) in [6, 6.07) is 0. The molecule has 1 aliphatic heterocycles. The van der Waals surface area contributed by atoms with E-state index in [1.54, 1.807) is 0 Å². The summed E-state index contributed by atoms with van der Waals surface area (Å²) in [5.41, 5.74) is -0.917. The quantitative estimate of drug-likeness (QED) is 0.756. The van der Waals surface area contributed by atoms with Crippen molar-refractivity contribution in [3.8, 4) is 0 Å². The van der Waals surface area contributed by atoms with Crippen LogP contribution in [0.5, 0.6) is 0 Å². The predicted molar refractivity (Wildman–Crippen MR) is 54.6 cm³/mol. The molecule has 16 heavy (non-hydrogen) atoms. The Balaban J connectivity index is 2.26. The van der Waals surface area contributed by atoms with E-state index in [-0.39, 0.29) is 11.5 Å². The SMILES string of the molecule is O=C(O)c1cnc(C2CCOCC2)[nH]c1=O. The number of aromatic carboxylic acids is 1. The number of aromatic amines is 1. The summed E-state index contributed by atoms with van der Waals surface area (Å²) in [5.74, 6) is -0.546. The number of aromatic nitrogens is 2. The smallest absolute Gasteiger partial charge is 0.342 e. The van der Waals surface area contributed by atoms with Crippen LogP contribution in [0.4, 0.5) is 0 Å². The van der Waals surface area contributed by atoms with Gasteiger partial charge in [-0.15, -0.1) is 0 Å². The fourth-order valence-electron chi connectivity index (χ4n) is 1.74. The average Bonchev–Trinajstić information content (AvgIpc) is 2.29. The number of hydrogen-bond donors (Lipinski definition) is 2. The highest BCUT2D eigenvalue weighted by atomic mass is 16.5. The van der Waals surface area contributed by atoms with Crippen LogP contribution in [-0.2, 0) is 4.74 Å². The van der Waals surface area contributed by atoms with Crippen molar-refractivity contribution in [2.75, 3.05) is 13.2 Å². The molecule has 0 amide bonds. The molecule has 0 aromatic carbocycles. The van der Waals surface area contributed by atoms with Crippen molar-refractivity contribution in [1.29, 1.82) is 0 Å². The van der Waals surface area contributed by atoms with Gasteiger partial charge in [-0.1, -0.05) is 0 Å². The van der Waals surface area contributed by atoms with Crippen LogP contribution in [0.15, 0.2) is 11.0 Å². The molecule has 1 aromatic heterocycles. The van der Waals surface area contributed by atoms with Crippen molar-refractivity contribution in [2.45, 2.75) is 18.8 Å². The molecule has 1 aromatic rings. The summed E-state index contributed by atoms with van der Waals surface area (Å²) in [4.78, 5) is 28.6. The molecule has 2 heterocycles. The van der Waals surface area contributed by atoms with Gasteiger partial charge in [0.2, 0.25) is 0 Å². The topological polar surface area (TPSA) is 92.3 Å². The molecule has 1 saturated heterocycles. The van der Waals surface area contributed by atoms with Crippen molar-refractivity contribution in [3.05, 3.63) is 27.9 Å². The summed E-state index contributed by atoms with van der Waals surface area (Å²) in [7, 11) is 0. The number of rotatable bonds is 2. The van der Waals surface area contributed by atoms with Gasteiger partial charge in [0.25, 0.3) is 5.56 Å². The van der Waals surface area contributed by atoms with Crippen LogP contribution in [0.1, 0.15) is 34.9 Å². The van der Waals surface area contributed by atoms with Crippen molar-refractivity contribution < 1.29 is 14.6 Å². The largest absolute Gasteiger partial charge is 0.477 e. The van der Waals surface area contributed by atoms with Crippen LogP contribution in [0.25, 0.3) is 0 Å². The third-order valence-electron chi connectivity index (χ3n) is 2.66. The lowest BCUT2D eigenvalue weighted by molar-refractivity contribution is 0.0693. The number of H-pyrrole nitrogens is 1. The molecule has 0 aliphatic carbocycles. The predicted octanol–water partition coefficient (Wildman–Crippen LogP) is 0.362. The fraction of sp³-hybridized carbons (Fsp3) is 0.500. The number of carboxylic acids is 1. The third-order valence-corrected chi connectivity index (χ3v) is 2.66. The Bertz CT molecular complexity index is 448. The second-order valence-electron chi connectivity index (χ2n) is 3.70. The standard InChI is InChI=1S/C10H12N2O4/c13-9-7(10(14)15)5-11-8(12-9)6-1-3-16-4-2-6/h5-6H,1-4H2,(H,14,15)(H,11,12,13). The van der Waals surface area contributed by atoms with E-state index >= 15 is 0 Å². The summed E-state index contributed by atoms with van der Waals surface area (Å²) >= 11 is 0. The van der Waals surface area contributed by atoms with Crippen LogP contribution >= 0.6 is 0 Å². The molecule has 6 heteroatoms. The minimum atomic E-state index is -1.26. The molecule has 2 N–H and O–H groups in total. The van der Waals surface area contributed by atoms with Crippen molar-refractivity contribution >= 4 is 5.97 Å². The molecule has 0 spiro atoms. The van der Waals surface area contributed by atoms with E-state index in [9.17, 15) is 9.59 Å². The first-order chi connectivity index (χ1) is 7.68. The molecule has 0 atom stereocenters. The molecule has 1 aliphatic rings. The first kappa shape index (κ1) is 10.8. The molecule has 86 valence electrons. The van der Waals surface area contributed by atoms with Crippen LogP contribution in [0.3, 0.4) is 0 Å². The van der Waals surface area contributed by atoms with Gasteiger partial charge >= 0.3 is 5.97 Å². The number of hydrogen-bond acceptors (Lipinski definition) is 4. The molecular formula is C10H12N2O4. The number of nitrogens with one attached hydrogen (secondary N) is 1. The molecule has 0 radical (unpaired) electrons. The Morgan fingerprint density at radius 2 is 2.19 bits per heavy atom. The number of ether oxygens (including phenoxy) is 1. The molecule has 0 bridgehead atoms.